The first-order valence-corrected chi connectivity index (χ1v) is 2.09. The van der Waals surface area contributed by atoms with Crippen molar-refractivity contribution < 1.29 is 0 Å². The van der Waals surface area contributed by atoms with Crippen molar-refractivity contribution >= 4 is 0 Å². The molecule has 0 heterocycles. The summed E-state index contributed by atoms with van der Waals surface area (Å²) in [6.07, 6.45) is 4.41. The molecule has 34 valence electrons. The van der Waals surface area contributed by atoms with Gasteiger partial charge in [-0.2, -0.15) is 0 Å². The number of allylic oxidation sites excluding steroid dienone is 2. The Morgan fingerprint density at radius 2 is 2.50 bits per heavy atom. The van der Waals surface area contributed by atoms with Crippen LogP contribution in [0.5, 0.6) is 0 Å². The quantitative estimate of drug-likeness (QED) is 0.350. The summed E-state index contributed by atoms with van der Waals surface area (Å²) in [5.74, 6) is 5.02. The average Bonchev–Trinajstić information content (AvgIpc) is 1.31. The summed E-state index contributed by atoms with van der Waals surface area (Å²) in [5.41, 5.74) is 3.74. The van der Waals surface area contributed by atoms with E-state index < -0.39 is 0 Å². The highest BCUT2D eigenvalue weighted by Gasteiger charge is 1.99. The molecule has 0 saturated heterocycles. The Morgan fingerprint density at radius 1 is 1.83 bits per heavy atom. The van der Waals surface area contributed by atoms with E-state index in [0.29, 0.717) is 0 Å². The Balaban J connectivity index is 2.32. The standard InChI is InChI=1S/C4H8N2/c5-6-4-2-1-3-4/h2,6H,1,3,5H2. The molecule has 0 amide bonds. The first-order chi connectivity index (χ1) is 2.93. The van der Waals surface area contributed by atoms with Gasteiger partial charge in [0.05, 0.1) is 0 Å². The molecule has 0 fully saturated rings. The molecule has 0 spiro atoms. The van der Waals surface area contributed by atoms with Crippen molar-refractivity contribution in [2.24, 2.45) is 5.84 Å². The van der Waals surface area contributed by atoms with Gasteiger partial charge in [-0.1, -0.05) is 6.08 Å². The number of rotatable bonds is 1. The van der Waals surface area contributed by atoms with Crippen LogP contribution in [0.15, 0.2) is 11.8 Å². The van der Waals surface area contributed by atoms with E-state index in [9.17, 15) is 0 Å². The largest absolute Gasteiger partial charge is 0.329 e. The zero-order valence-corrected chi connectivity index (χ0v) is 3.57. The summed E-state index contributed by atoms with van der Waals surface area (Å²) < 4.78 is 0. The van der Waals surface area contributed by atoms with E-state index in [0.717, 1.165) is 6.42 Å². The Bertz CT molecular complexity index is 75.6. The van der Waals surface area contributed by atoms with E-state index >= 15 is 0 Å². The third-order valence-electron chi connectivity index (χ3n) is 0.990. The molecule has 0 atom stereocenters. The van der Waals surface area contributed by atoms with Crippen LogP contribution in [-0.4, -0.2) is 0 Å². The second kappa shape index (κ2) is 1.30. The van der Waals surface area contributed by atoms with E-state index in [-0.39, 0.29) is 0 Å². The normalized spacial score (nSPS) is 18.5. The molecule has 6 heavy (non-hydrogen) atoms. The number of nitrogens with one attached hydrogen (secondary N) is 1. The van der Waals surface area contributed by atoms with Gasteiger partial charge in [-0.15, -0.1) is 0 Å². The molecule has 0 radical (unpaired) electrons. The van der Waals surface area contributed by atoms with E-state index in [1.54, 1.807) is 0 Å². The van der Waals surface area contributed by atoms with Crippen LogP contribution in [0.3, 0.4) is 0 Å². The minimum Gasteiger partial charge on any atom is -0.329 e. The maximum Gasteiger partial charge on any atom is 0.0222 e. The van der Waals surface area contributed by atoms with Gasteiger partial charge in [0, 0.05) is 5.70 Å². The number of hydrogen-bond donors (Lipinski definition) is 2. The highest BCUT2D eigenvalue weighted by Crippen LogP contribution is 2.11. The minimum atomic E-state index is 1.14. The first kappa shape index (κ1) is 3.68. The molecule has 0 unspecified atom stereocenters. The molecule has 2 heteroatoms. The third-order valence-corrected chi connectivity index (χ3v) is 0.990. The SMILES string of the molecule is NNC1=CCC1. The molecule has 1 aliphatic rings. The molecule has 0 saturated carbocycles. The molecule has 0 aromatic heterocycles. The summed E-state index contributed by atoms with van der Waals surface area (Å²) in [6.45, 7) is 0. The summed E-state index contributed by atoms with van der Waals surface area (Å²) in [5, 5.41) is 0. The lowest BCUT2D eigenvalue weighted by Gasteiger charge is -2.11. The molecule has 1 aliphatic carbocycles. The van der Waals surface area contributed by atoms with Crippen LogP contribution in [0.25, 0.3) is 0 Å². The van der Waals surface area contributed by atoms with Gasteiger partial charge in [0.1, 0.15) is 0 Å². The zero-order valence-electron chi connectivity index (χ0n) is 3.57. The first-order valence-electron chi connectivity index (χ1n) is 2.09. The van der Waals surface area contributed by atoms with Crippen molar-refractivity contribution in [1.82, 2.24) is 5.43 Å². The summed E-state index contributed by atoms with van der Waals surface area (Å²) in [7, 11) is 0. The molecule has 0 aromatic carbocycles. The lowest BCUT2D eigenvalue weighted by atomic mass is 10.1. The van der Waals surface area contributed by atoms with Crippen LogP contribution >= 0.6 is 0 Å². The maximum atomic E-state index is 5.02. The smallest absolute Gasteiger partial charge is 0.0222 e. The molecule has 2 nitrogen and oxygen atoms in total. The lowest BCUT2D eigenvalue weighted by Crippen LogP contribution is -2.23. The van der Waals surface area contributed by atoms with Gasteiger partial charge >= 0.3 is 0 Å². The van der Waals surface area contributed by atoms with Gasteiger partial charge in [-0.05, 0) is 12.8 Å². The van der Waals surface area contributed by atoms with Gasteiger partial charge in [0.25, 0.3) is 0 Å². The molecule has 0 bridgehead atoms. The van der Waals surface area contributed by atoms with Crippen molar-refractivity contribution in [2.75, 3.05) is 0 Å². The van der Waals surface area contributed by atoms with Crippen molar-refractivity contribution in [3.8, 4) is 0 Å². The second-order valence-corrected chi connectivity index (χ2v) is 1.41. The van der Waals surface area contributed by atoms with Crippen LogP contribution in [0.1, 0.15) is 12.8 Å². The Kier molecular flexibility index (Phi) is 0.801. The van der Waals surface area contributed by atoms with Crippen LogP contribution in [0.2, 0.25) is 0 Å². The van der Waals surface area contributed by atoms with Crippen LogP contribution in [-0.2, 0) is 0 Å². The van der Waals surface area contributed by atoms with Crippen molar-refractivity contribution in [2.45, 2.75) is 12.8 Å². The topological polar surface area (TPSA) is 38.0 Å². The Morgan fingerprint density at radius 3 is 2.50 bits per heavy atom. The molecule has 0 aliphatic heterocycles. The molecule has 3 N–H and O–H groups in total. The second-order valence-electron chi connectivity index (χ2n) is 1.41. The predicted molar refractivity (Wildman–Crippen MR) is 24.6 cm³/mol. The van der Waals surface area contributed by atoms with Gasteiger partial charge < -0.3 is 5.43 Å². The van der Waals surface area contributed by atoms with Crippen molar-refractivity contribution in [1.29, 1.82) is 0 Å². The molecular formula is C4H8N2. The maximum absolute atomic E-state index is 5.02. The lowest BCUT2D eigenvalue weighted by molar-refractivity contribution is 0.729. The fraction of sp³-hybridized carbons (Fsp3) is 0.500. The molecule has 1 rings (SSSR count). The number of hydrazine groups is 1. The average molecular weight is 84.1 g/mol. The Labute approximate surface area is 37.0 Å². The van der Waals surface area contributed by atoms with Crippen molar-refractivity contribution in [3.63, 3.8) is 0 Å². The van der Waals surface area contributed by atoms with E-state index in [4.69, 9.17) is 5.84 Å². The molecular weight excluding hydrogens is 76.1 g/mol. The van der Waals surface area contributed by atoms with E-state index in [1.165, 1.54) is 12.1 Å². The van der Waals surface area contributed by atoms with Crippen LogP contribution in [0, 0.1) is 0 Å². The highest BCUT2D eigenvalue weighted by atomic mass is 15.2. The summed E-state index contributed by atoms with van der Waals surface area (Å²) >= 11 is 0. The zero-order chi connectivity index (χ0) is 4.41. The summed E-state index contributed by atoms with van der Waals surface area (Å²) in [4.78, 5) is 0. The number of nitrogens with two attached hydrogens (primary N) is 1. The van der Waals surface area contributed by atoms with Crippen LogP contribution in [0.4, 0.5) is 0 Å². The van der Waals surface area contributed by atoms with E-state index in [2.05, 4.69) is 11.5 Å². The predicted octanol–water partition coefficient (Wildman–Crippen LogP) is 0.127. The number of hydrogen-bond acceptors (Lipinski definition) is 2. The fourth-order valence-corrected chi connectivity index (χ4v) is 0.420. The van der Waals surface area contributed by atoms with Crippen molar-refractivity contribution in [3.05, 3.63) is 11.8 Å². The molecule has 0 aromatic rings. The van der Waals surface area contributed by atoms with Crippen LogP contribution < -0.4 is 11.3 Å². The Hall–Kier alpha value is -0.500. The van der Waals surface area contributed by atoms with Gasteiger partial charge in [-0.3, -0.25) is 5.84 Å². The highest BCUT2D eigenvalue weighted by molar-refractivity contribution is 5.08. The van der Waals surface area contributed by atoms with Gasteiger partial charge in [0.15, 0.2) is 0 Å². The van der Waals surface area contributed by atoms with Gasteiger partial charge in [-0.25, -0.2) is 0 Å². The third kappa shape index (κ3) is 0.389. The summed E-state index contributed by atoms with van der Waals surface area (Å²) in [6, 6.07) is 0. The minimum absolute atomic E-state index is 1.14. The monoisotopic (exact) mass is 84.1 g/mol. The van der Waals surface area contributed by atoms with Gasteiger partial charge in [0.2, 0.25) is 0 Å². The fourth-order valence-electron chi connectivity index (χ4n) is 0.420. The van der Waals surface area contributed by atoms with E-state index in [1.807, 2.05) is 0 Å².